The zero-order chi connectivity index (χ0) is 29.7. The van der Waals surface area contributed by atoms with Gasteiger partial charge in [0.1, 0.15) is 18.2 Å². The summed E-state index contributed by atoms with van der Waals surface area (Å²) < 4.78 is 26.5. The summed E-state index contributed by atoms with van der Waals surface area (Å²) in [5.74, 6) is -0.886. The molecule has 0 amide bonds. The third-order valence-corrected chi connectivity index (χ3v) is 5.52. The predicted octanol–water partition coefficient (Wildman–Crippen LogP) is 4.98. The van der Waals surface area contributed by atoms with Crippen LogP contribution in [0.2, 0.25) is 0 Å². The van der Waals surface area contributed by atoms with Gasteiger partial charge in [-0.2, -0.15) is 0 Å². The number of benzene rings is 1. The van der Waals surface area contributed by atoms with E-state index < -0.39 is 42.3 Å². The molecule has 10 nitrogen and oxygen atoms in total. The molecule has 10 heteroatoms. The number of hydrogen-bond donors (Lipinski definition) is 1. The highest BCUT2D eigenvalue weighted by Crippen LogP contribution is 2.30. The van der Waals surface area contributed by atoms with Crippen molar-refractivity contribution in [2.24, 2.45) is 23.5 Å². The number of hydrogen-bond acceptors (Lipinski definition) is 10. The molecule has 0 aliphatic rings. The van der Waals surface area contributed by atoms with Crippen LogP contribution in [0.25, 0.3) is 0 Å². The van der Waals surface area contributed by atoms with E-state index in [0.29, 0.717) is 17.9 Å². The van der Waals surface area contributed by atoms with Gasteiger partial charge in [0.25, 0.3) is 0 Å². The molecule has 0 bridgehead atoms. The van der Waals surface area contributed by atoms with E-state index in [1.807, 2.05) is 41.5 Å². The molecular formula is C29H45NO9. The van der Waals surface area contributed by atoms with Crippen molar-refractivity contribution < 1.29 is 42.9 Å². The molecule has 0 heterocycles. The summed E-state index contributed by atoms with van der Waals surface area (Å²) in [7, 11) is 0. The fraction of sp³-hybridized carbons (Fsp3) is 0.655. The van der Waals surface area contributed by atoms with E-state index in [0.717, 1.165) is 0 Å². The summed E-state index contributed by atoms with van der Waals surface area (Å²) >= 11 is 0. The van der Waals surface area contributed by atoms with E-state index in [1.54, 1.807) is 19.9 Å². The molecule has 0 spiro atoms. The summed E-state index contributed by atoms with van der Waals surface area (Å²) in [6.45, 7) is 15.0. The van der Waals surface area contributed by atoms with Gasteiger partial charge in [0.15, 0.2) is 11.5 Å². The molecule has 220 valence electrons. The van der Waals surface area contributed by atoms with Crippen LogP contribution in [0, 0.1) is 17.8 Å². The van der Waals surface area contributed by atoms with Gasteiger partial charge in [0.2, 0.25) is 0 Å². The molecule has 3 atom stereocenters. The summed E-state index contributed by atoms with van der Waals surface area (Å²) in [4.78, 5) is 49.0. The zero-order valence-electron chi connectivity index (χ0n) is 24.5. The van der Waals surface area contributed by atoms with Gasteiger partial charge in [-0.05, 0) is 62.1 Å². The standard InChI is InChI=1S/C29H45NO9/c1-17(2)11-12-35-29(34)37-21(8)20(7)36-28(33)23(30)15-22-9-10-24(38-26(31)13-18(3)4)25(16-22)39-27(32)14-19(5)6/h9-10,16-21,23H,11-15,30H2,1-8H3/t20-,21-,23-/m0/s1. The highest BCUT2D eigenvalue weighted by molar-refractivity contribution is 5.77. The monoisotopic (exact) mass is 551 g/mol. The fourth-order valence-electron chi connectivity index (χ4n) is 3.20. The van der Waals surface area contributed by atoms with Gasteiger partial charge < -0.3 is 29.4 Å². The first-order valence-electron chi connectivity index (χ1n) is 13.5. The van der Waals surface area contributed by atoms with E-state index in [-0.39, 0.29) is 49.2 Å². The van der Waals surface area contributed by atoms with Crippen LogP contribution in [0.3, 0.4) is 0 Å². The molecule has 1 aromatic carbocycles. The quantitative estimate of drug-likeness (QED) is 0.234. The lowest BCUT2D eigenvalue weighted by Gasteiger charge is -2.22. The largest absolute Gasteiger partial charge is 0.508 e. The van der Waals surface area contributed by atoms with E-state index in [1.165, 1.54) is 12.1 Å². The fourth-order valence-corrected chi connectivity index (χ4v) is 3.20. The Labute approximate surface area is 231 Å². The van der Waals surface area contributed by atoms with E-state index >= 15 is 0 Å². The minimum absolute atomic E-state index is 0.0625. The van der Waals surface area contributed by atoms with Crippen LogP contribution in [0.5, 0.6) is 11.5 Å². The molecule has 39 heavy (non-hydrogen) atoms. The van der Waals surface area contributed by atoms with Crippen molar-refractivity contribution in [1.82, 2.24) is 0 Å². The van der Waals surface area contributed by atoms with Crippen LogP contribution in [0.15, 0.2) is 18.2 Å². The number of rotatable bonds is 15. The summed E-state index contributed by atoms with van der Waals surface area (Å²) in [5, 5.41) is 0. The van der Waals surface area contributed by atoms with Crippen molar-refractivity contribution in [2.75, 3.05) is 6.61 Å². The van der Waals surface area contributed by atoms with Crippen molar-refractivity contribution >= 4 is 24.1 Å². The lowest BCUT2D eigenvalue weighted by molar-refractivity contribution is -0.155. The molecule has 2 N–H and O–H groups in total. The Morgan fingerprint density at radius 1 is 0.744 bits per heavy atom. The Hall–Kier alpha value is -3.14. The minimum Gasteiger partial charge on any atom is -0.458 e. The van der Waals surface area contributed by atoms with Crippen LogP contribution >= 0.6 is 0 Å². The number of esters is 3. The third-order valence-electron chi connectivity index (χ3n) is 5.52. The van der Waals surface area contributed by atoms with Crippen molar-refractivity contribution in [3.05, 3.63) is 23.8 Å². The lowest BCUT2D eigenvalue weighted by Crippen LogP contribution is -2.39. The highest BCUT2D eigenvalue weighted by atomic mass is 16.7. The van der Waals surface area contributed by atoms with Gasteiger partial charge in [-0.15, -0.1) is 0 Å². The second-order valence-electron chi connectivity index (χ2n) is 11.0. The average molecular weight is 552 g/mol. The van der Waals surface area contributed by atoms with Gasteiger partial charge in [-0.3, -0.25) is 14.4 Å². The summed E-state index contributed by atoms with van der Waals surface area (Å²) in [6.07, 6.45) is -1.19. The molecule has 0 aromatic heterocycles. The zero-order valence-corrected chi connectivity index (χ0v) is 24.5. The van der Waals surface area contributed by atoms with Gasteiger partial charge in [-0.25, -0.2) is 4.79 Å². The number of carbonyl (C=O) groups excluding carboxylic acids is 4. The maximum atomic E-state index is 12.6. The maximum Gasteiger partial charge on any atom is 0.508 e. The van der Waals surface area contributed by atoms with Crippen LogP contribution in [0.1, 0.15) is 80.2 Å². The SMILES string of the molecule is CC(C)CCOC(=O)O[C@@H](C)[C@H](C)OC(=O)[C@@H](N)Cc1ccc(OC(=O)CC(C)C)c(OC(=O)CC(C)C)c1. The topological polar surface area (TPSA) is 140 Å². The molecule has 0 aliphatic carbocycles. The average Bonchev–Trinajstić information content (AvgIpc) is 2.79. The minimum atomic E-state index is -1.05. The molecule has 1 rings (SSSR count). The molecule has 0 saturated heterocycles. The molecule has 0 saturated carbocycles. The second kappa shape index (κ2) is 16.7. The molecule has 0 fully saturated rings. The maximum absolute atomic E-state index is 12.6. The van der Waals surface area contributed by atoms with Crippen LogP contribution in [0.4, 0.5) is 4.79 Å². The number of ether oxygens (including phenoxy) is 5. The van der Waals surface area contributed by atoms with Crippen LogP contribution in [-0.4, -0.2) is 48.9 Å². The molecule has 0 radical (unpaired) electrons. The Morgan fingerprint density at radius 2 is 1.28 bits per heavy atom. The van der Waals surface area contributed by atoms with Gasteiger partial charge in [0, 0.05) is 12.8 Å². The first-order valence-corrected chi connectivity index (χ1v) is 13.5. The Kier molecular flexibility index (Phi) is 14.5. The van der Waals surface area contributed by atoms with Crippen molar-refractivity contribution in [3.8, 4) is 11.5 Å². The predicted molar refractivity (Wildman–Crippen MR) is 145 cm³/mol. The normalized spacial score (nSPS) is 13.5. The lowest BCUT2D eigenvalue weighted by atomic mass is 10.1. The van der Waals surface area contributed by atoms with Crippen LogP contribution in [-0.2, 0) is 35.0 Å². The molecule has 1 aromatic rings. The number of nitrogens with two attached hydrogens (primary N) is 1. The number of carbonyl (C=O) groups is 4. The smallest absolute Gasteiger partial charge is 0.458 e. The molecule has 0 unspecified atom stereocenters. The Morgan fingerprint density at radius 3 is 1.82 bits per heavy atom. The third kappa shape index (κ3) is 14.0. The van der Waals surface area contributed by atoms with Crippen molar-refractivity contribution in [1.29, 1.82) is 0 Å². The van der Waals surface area contributed by atoms with E-state index in [9.17, 15) is 19.2 Å². The summed E-state index contributed by atoms with van der Waals surface area (Å²) in [5.41, 5.74) is 6.65. The first kappa shape index (κ1) is 33.9. The Bertz CT molecular complexity index is 958. The van der Waals surface area contributed by atoms with Crippen molar-refractivity contribution in [2.45, 2.75) is 99.3 Å². The van der Waals surface area contributed by atoms with Gasteiger partial charge >= 0.3 is 24.1 Å². The highest BCUT2D eigenvalue weighted by Gasteiger charge is 2.25. The molecular weight excluding hydrogens is 506 g/mol. The van der Waals surface area contributed by atoms with Gasteiger partial charge in [0.05, 0.1) is 6.61 Å². The van der Waals surface area contributed by atoms with E-state index in [4.69, 9.17) is 29.4 Å². The van der Waals surface area contributed by atoms with Crippen molar-refractivity contribution in [3.63, 3.8) is 0 Å². The molecule has 0 aliphatic heterocycles. The summed E-state index contributed by atoms with van der Waals surface area (Å²) in [6, 6.07) is 3.61. The van der Waals surface area contributed by atoms with E-state index in [2.05, 4.69) is 0 Å². The Balaban J connectivity index is 2.84. The first-order chi connectivity index (χ1) is 18.2. The second-order valence-corrected chi connectivity index (χ2v) is 11.0. The van der Waals surface area contributed by atoms with Gasteiger partial charge in [-0.1, -0.05) is 47.6 Å². The van der Waals surface area contributed by atoms with Crippen LogP contribution < -0.4 is 15.2 Å².